The Morgan fingerprint density at radius 3 is 2.45 bits per heavy atom. The zero-order valence-electron chi connectivity index (χ0n) is 12.6. The monoisotopic (exact) mass is 281 g/mol. The lowest BCUT2D eigenvalue weighted by molar-refractivity contribution is -0.137. The lowest BCUT2D eigenvalue weighted by Crippen LogP contribution is -2.52. The molecule has 1 aliphatic carbocycles. The average molecular weight is 281 g/mol. The van der Waals surface area contributed by atoms with E-state index in [1.165, 1.54) is 0 Å². The summed E-state index contributed by atoms with van der Waals surface area (Å²) in [6.07, 6.45) is 5.17. The minimum absolute atomic E-state index is 0.0351. The second-order valence-corrected chi connectivity index (χ2v) is 6.36. The Labute approximate surface area is 121 Å². The summed E-state index contributed by atoms with van der Waals surface area (Å²) in [6, 6.07) is -0.519. The Bertz CT molecular complexity index is 356. The van der Waals surface area contributed by atoms with Crippen LogP contribution in [0.15, 0.2) is 0 Å². The van der Waals surface area contributed by atoms with Crippen LogP contribution < -0.4 is 11.1 Å². The van der Waals surface area contributed by atoms with Crippen LogP contribution in [-0.2, 0) is 9.59 Å². The Hall–Kier alpha value is -1.10. The predicted octanol–water partition coefficient (Wildman–Crippen LogP) is 0.877. The summed E-state index contributed by atoms with van der Waals surface area (Å²) >= 11 is 0. The Balaban J connectivity index is 1.90. The fourth-order valence-electron chi connectivity index (χ4n) is 3.49. The van der Waals surface area contributed by atoms with Crippen LogP contribution in [0.5, 0.6) is 0 Å². The highest BCUT2D eigenvalue weighted by Gasteiger charge is 2.35. The summed E-state index contributed by atoms with van der Waals surface area (Å²) < 4.78 is 0. The predicted molar refractivity (Wildman–Crippen MR) is 77.9 cm³/mol. The minimum Gasteiger partial charge on any atom is -0.344 e. The van der Waals surface area contributed by atoms with Gasteiger partial charge in [-0.05, 0) is 38.5 Å². The first-order valence-electron chi connectivity index (χ1n) is 7.85. The number of hydrogen-bond donors (Lipinski definition) is 2. The highest BCUT2D eigenvalue weighted by Crippen LogP contribution is 2.29. The van der Waals surface area contributed by atoms with Gasteiger partial charge in [-0.25, -0.2) is 0 Å². The molecule has 114 valence electrons. The van der Waals surface area contributed by atoms with Gasteiger partial charge in [-0.3, -0.25) is 9.59 Å². The summed E-state index contributed by atoms with van der Waals surface area (Å²) in [5.74, 6) is 0.128. The molecule has 20 heavy (non-hydrogen) atoms. The molecule has 2 rings (SSSR count). The number of nitrogens with zero attached hydrogens (tertiary/aromatic N) is 1. The van der Waals surface area contributed by atoms with Gasteiger partial charge in [-0.1, -0.05) is 13.3 Å². The van der Waals surface area contributed by atoms with Crippen LogP contribution in [0.3, 0.4) is 0 Å². The van der Waals surface area contributed by atoms with Crippen LogP contribution in [0.4, 0.5) is 0 Å². The molecule has 4 unspecified atom stereocenters. The van der Waals surface area contributed by atoms with Gasteiger partial charge in [0, 0.05) is 19.1 Å². The van der Waals surface area contributed by atoms with E-state index in [2.05, 4.69) is 12.2 Å². The van der Waals surface area contributed by atoms with Gasteiger partial charge in [0.25, 0.3) is 0 Å². The van der Waals surface area contributed by atoms with E-state index < -0.39 is 6.04 Å². The van der Waals surface area contributed by atoms with Gasteiger partial charge < -0.3 is 16.0 Å². The second kappa shape index (κ2) is 6.57. The van der Waals surface area contributed by atoms with Gasteiger partial charge in [0.05, 0.1) is 5.92 Å². The van der Waals surface area contributed by atoms with Crippen LogP contribution >= 0.6 is 0 Å². The Morgan fingerprint density at radius 1 is 1.20 bits per heavy atom. The SMILES string of the molecule is CC(NC(=O)C1C(C)CCCC1N)C(=O)N1CCCC1. The molecule has 2 fully saturated rings. The third-order valence-electron chi connectivity index (χ3n) is 4.72. The van der Waals surface area contributed by atoms with E-state index in [-0.39, 0.29) is 23.8 Å². The van der Waals surface area contributed by atoms with E-state index in [0.717, 1.165) is 45.2 Å². The number of likely N-dealkylation sites (tertiary alicyclic amines) is 1. The van der Waals surface area contributed by atoms with Crippen molar-refractivity contribution in [3.63, 3.8) is 0 Å². The molecular weight excluding hydrogens is 254 g/mol. The van der Waals surface area contributed by atoms with Gasteiger partial charge in [0.2, 0.25) is 11.8 Å². The number of nitrogens with two attached hydrogens (primary N) is 1. The molecule has 1 aliphatic heterocycles. The Kier molecular flexibility index (Phi) is 5.02. The van der Waals surface area contributed by atoms with E-state index in [4.69, 9.17) is 5.73 Å². The molecule has 0 aromatic heterocycles. The van der Waals surface area contributed by atoms with E-state index in [1.807, 2.05) is 4.90 Å². The molecule has 5 heteroatoms. The normalized spacial score (nSPS) is 31.9. The molecule has 1 saturated heterocycles. The van der Waals surface area contributed by atoms with Crippen molar-refractivity contribution < 1.29 is 9.59 Å². The molecule has 1 heterocycles. The smallest absolute Gasteiger partial charge is 0.244 e. The standard InChI is InChI=1S/C15H27N3O2/c1-10-6-5-7-12(16)13(10)14(19)17-11(2)15(20)18-8-3-4-9-18/h10-13H,3-9,16H2,1-2H3,(H,17,19). The first-order chi connectivity index (χ1) is 9.50. The molecule has 5 nitrogen and oxygen atoms in total. The largest absolute Gasteiger partial charge is 0.344 e. The molecule has 3 N–H and O–H groups in total. The number of hydrogen-bond acceptors (Lipinski definition) is 3. The highest BCUT2D eigenvalue weighted by molar-refractivity contribution is 5.88. The van der Waals surface area contributed by atoms with Crippen molar-refractivity contribution in [2.75, 3.05) is 13.1 Å². The first kappa shape index (κ1) is 15.3. The number of carbonyl (C=O) groups is 2. The molecule has 2 amide bonds. The maximum atomic E-state index is 12.4. The quantitative estimate of drug-likeness (QED) is 0.806. The first-order valence-corrected chi connectivity index (χ1v) is 7.85. The Morgan fingerprint density at radius 2 is 1.85 bits per heavy atom. The molecule has 1 saturated carbocycles. The fourth-order valence-corrected chi connectivity index (χ4v) is 3.49. The summed E-state index contributed by atoms with van der Waals surface area (Å²) in [5.41, 5.74) is 6.09. The maximum Gasteiger partial charge on any atom is 0.244 e. The summed E-state index contributed by atoms with van der Waals surface area (Å²) in [7, 11) is 0. The van der Waals surface area contributed by atoms with Crippen molar-refractivity contribution in [2.45, 2.75) is 58.0 Å². The third kappa shape index (κ3) is 3.32. The van der Waals surface area contributed by atoms with Crippen molar-refractivity contribution in [2.24, 2.45) is 17.6 Å². The van der Waals surface area contributed by atoms with Gasteiger partial charge in [-0.2, -0.15) is 0 Å². The van der Waals surface area contributed by atoms with Crippen LogP contribution in [-0.4, -0.2) is 41.9 Å². The van der Waals surface area contributed by atoms with Crippen molar-refractivity contribution in [1.29, 1.82) is 0 Å². The van der Waals surface area contributed by atoms with Gasteiger partial charge in [0.15, 0.2) is 0 Å². The molecule has 0 aromatic carbocycles. The number of amides is 2. The zero-order valence-corrected chi connectivity index (χ0v) is 12.6. The molecule has 0 spiro atoms. The van der Waals surface area contributed by atoms with Gasteiger partial charge >= 0.3 is 0 Å². The number of carbonyl (C=O) groups excluding carboxylic acids is 2. The van der Waals surface area contributed by atoms with Gasteiger partial charge in [0.1, 0.15) is 6.04 Å². The van der Waals surface area contributed by atoms with Crippen LogP contribution in [0.2, 0.25) is 0 Å². The maximum absolute atomic E-state index is 12.4. The van der Waals surface area contributed by atoms with E-state index in [1.54, 1.807) is 6.92 Å². The van der Waals surface area contributed by atoms with E-state index in [9.17, 15) is 9.59 Å². The summed E-state index contributed by atoms with van der Waals surface area (Å²) in [5, 5.41) is 2.88. The number of nitrogens with one attached hydrogen (secondary N) is 1. The van der Waals surface area contributed by atoms with E-state index >= 15 is 0 Å². The molecule has 2 aliphatic rings. The summed E-state index contributed by atoms with van der Waals surface area (Å²) in [4.78, 5) is 26.4. The van der Waals surface area contributed by atoms with Crippen molar-refractivity contribution >= 4 is 11.8 Å². The van der Waals surface area contributed by atoms with Crippen LogP contribution in [0.1, 0.15) is 46.0 Å². The third-order valence-corrected chi connectivity index (χ3v) is 4.72. The highest BCUT2D eigenvalue weighted by atomic mass is 16.2. The number of rotatable bonds is 3. The molecule has 0 radical (unpaired) electrons. The van der Waals surface area contributed by atoms with E-state index in [0.29, 0.717) is 5.92 Å². The van der Waals surface area contributed by atoms with Crippen molar-refractivity contribution in [1.82, 2.24) is 10.2 Å². The van der Waals surface area contributed by atoms with Crippen molar-refractivity contribution in [3.8, 4) is 0 Å². The topological polar surface area (TPSA) is 75.4 Å². The minimum atomic E-state index is -0.443. The summed E-state index contributed by atoms with van der Waals surface area (Å²) in [6.45, 7) is 5.49. The molecular formula is C15H27N3O2. The molecule has 0 aromatic rings. The average Bonchev–Trinajstić information content (AvgIpc) is 2.91. The second-order valence-electron chi connectivity index (χ2n) is 6.36. The van der Waals surface area contributed by atoms with Crippen LogP contribution in [0, 0.1) is 11.8 Å². The fraction of sp³-hybridized carbons (Fsp3) is 0.867. The molecule has 4 atom stereocenters. The van der Waals surface area contributed by atoms with Crippen molar-refractivity contribution in [3.05, 3.63) is 0 Å². The lowest BCUT2D eigenvalue weighted by atomic mass is 9.76. The zero-order chi connectivity index (χ0) is 14.7. The molecule has 0 bridgehead atoms. The lowest BCUT2D eigenvalue weighted by Gasteiger charge is -2.34. The van der Waals surface area contributed by atoms with Crippen LogP contribution in [0.25, 0.3) is 0 Å². The van der Waals surface area contributed by atoms with Gasteiger partial charge in [-0.15, -0.1) is 0 Å².